The Labute approximate surface area is 91.8 Å². The van der Waals surface area contributed by atoms with E-state index in [4.69, 9.17) is 4.74 Å². The van der Waals surface area contributed by atoms with Gasteiger partial charge in [0, 0.05) is 32.2 Å². The Morgan fingerprint density at radius 2 is 1.73 bits per heavy atom. The van der Waals surface area contributed by atoms with Crippen LogP contribution in [-0.2, 0) is 9.53 Å². The van der Waals surface area contributed by atoms with Gasteiger partial charge in [-0.3, -0.25) is 4.79 Å². The molecule has 0 aliphatic carbocycles. The molecule has 3 nitrogen and oxygen atoms in total. The number of carbonyl (C=O) groups is 1. The third kappa shape index (κ3) is 2.71. The lowest BCUT2D eigenvalue weighted by molar-refractivity contribution is -0.139. The molecule has 15 heavy (non-hydrogen) atoms. The molecular weight excluding hydrogens is 190 g/mol. The second kappa shape index (κ2) is 4.97. The number of amides is 1. The zero-order valence-corrected chi connectivity index (χ0v) is 9.58. The van der Waals surface area contributed by atoms with Gasteiger partial charge in [0.2, 0.25) is 5.91 Å². The van der Waals surface area contributed by atoms with Crippen molar-refractivity contribution in [1.82, 2.24) is 4.90 Å². The fourth-order valence-electron chi connectivity index (χ4n) is 2.43. The van der Waals surface area contributed by atoms with E-state index in [-0.39, 0.29) is 5.92 Å². The van der Waals surface area contributed by atoms with E-state index < -0.39 is 0 Å². The van der Waals surface area contributed by atoms with Crippen molar-refractivity contribution in [3.8, 4) is 0 Å². The minimum atomic E-state index is 0.243. The third-order valence-corrected chi connectivity index (χ3v) is 3.67. The van der Waals surface area contributed by atoms with Crippen molar-refractivity contribution in [1.29, 1.82) is 0 Å². The second-order valence-electron chi connectivity index (χ2n) is 4.89. The number of piperidine rings is 1. The number of hydrogen-bond acceptors (Lipinski definition) is 2. The molecule has 2 aliphatic heterocycles. The third-order valence-electron chi connectivity index (χ3n) is 3.67. The molecule has 0 atom stereocenters. The number of ether oxygens (including phenoxy) is 1. The van der Waals surface area contributed by atoms with Crippen LogP contribution in [0.25, 0.3) is 0 Å². The first kappa shape index (κ1) is 10.9. The van der Waals surface area contributed by atoms with Crippen LogP contribution >= 0.6 is 0 Å². The van der Waals surface area contributed by atoms with Crippen LogP contribution < -0.4 is 0 Å². The lowest BCUT2D eigenvalue weighted by Crippen LogP contribution is -2.42. The van der Waals surface area contributed by atoms with E-state index in [2.05, 4.69) is 11.8 Å². The summed E-state index contributed by atoms with van der Waals surface area (Å²) in [5.74, 6) is 1.42. The molecule has 0 aromatic heterocycles. The van der Waals surface area contributed by atoms with Gasteiger partial charge < -0.3 is 9.64 Å². The quantitative estimate of drug-likeness (QED) is 0.660. The maximum atomic E-state index is 12.1. The van der Waals surface area contributed by atoms with Gasteiger partial charge in [0.25, 0.3) is 0 Å². The second-order valence-corrected chi connectivity index (χ2v) is 4.89. The summed E-state index contributed by atoms with van der Waals surface area (Å²) in [6.07, 6.45) is 4.19. The van der Waals surface area contributed by atoms with Crippen molar-refractivity contribution in [3.63, 3.8) is 0 Å². The van der Waals surface area contributed by atoms with E-state index >= 15 is 0 Å². The Balaban J connectivity index is 1.84. The smallest absolute Gasteiger partial charge is 0.225 e. The van der Waals surface area contributed by atoms with Gasteiger partial charge in [0.05, 0.1) is 0 Å². The average Bonchev–Trinajstić information content (AvgIpc) is 2.30. The molecule has 2 heterocycles. The van der Waals surface area contributed by atoms with Crippen LogP contribution in [0, 0.1) is 11.8 Å². The summed E-state index contributed by atoms with van der Waals surface area (Å²) in [4.78, 5) is 14.2. The molecule has 0 spiro atoms. The van der Waals surface area contributed by atoms with E-state index in [0.29, 0.717) is 5.91 Å². The summed E-state index contributed by atoms with van der Waals surface area (Å²) < 4.78 is 5.28. The van der Waals surface area contributed by atoms with Crippen LogP contribution in [0.2, 0.25) is 0 Å². The Hall–Kier alpha value is -0.570. The van der Waals surface area contributed by atoms with Gasteiger partial charge in [0.15, 0.2) is 0 Å². The Kier molecular flexibility index (Phi) is 3.62. The molecule has 2 rings (SSSR count). The predicted molar refractivity (Wildman–Crippen MR) is 58.5 cm³/mol. The lowest BCUT2D eigenvalue weighted by Gasteiger charge is -2.34. The Morgan fingerprint density at radius 1 is 1.13 bits per heavy atom. The fraction of sp³-hybridized carbons (Fsp3) is 0.917. The highest BCUT2D eigenvalue weighted by Gasteiger charge is 2.28. The van der Waals surface area contributed by atoms with E-state index in [9.17, 15) is 4.79 Å². The number of likely N-dealkylation sites (tertiary alicyclic amines) is 1. The van der Waals surface area contributed by atoms with Gasteiger partial charge in [0.1, 0.15) is 0 Å². The zero-order chi connectivity index (χ0) is 10.7. The van der Waals surface area contributed by atoms with Crippen LogP contribution in [0.4, 0.5) is 0 Å². The topological polar surface area (TPSA) is 29.5 Å². The molecule has 0 unspecified atom stereocenters. The molecule has 3 heteroatoms. The maximum Gasteiger partial charge on any atom is 0.225 e. The largest absolute Gasteiger partial charge is 0.381 e. The highest BCUT2D eigenvalue weighted by atomic mass is 16.5. The van der Waals surface area contributed by atoms with Gasteiger partial charge in [-0.05, 0) is 31.6 Å². The summed E-state index contributed by atoms with van der Waals surface area (Å²) in [6, 6.07) is 0. The van der Waals surface area contributed by atoms with E-state index in [1.165, 1.54) is 12.8 Å². The summed E-state index contributed by atoms with van der Waals surface area (Å²) in [5.41, 5.74) is 0. The van der Waals surface area contributed by atoms with Gasteiger partial charge >= 0.3 is 0 Å². The summed E-state index contributed by atoms with van der Waals surface area (Å²) in [5, 5.41) is 0. The van der Waals surface area contributed by atoms with E-state index in [1.54, 1.807) is 0 Å². The Bertz CT molecular complexity index is 216. The summed E-state index contributed by atoms with van der Waals surface area (Å²) in [6.45, 7) is 5.74. The van der Waals surface area contributed by atoms with Crippen LogP contribution in [-0.4, -0.2) is 37.1 Å². The predicted octanol–water partition coefficient (Wildman–Crippen LogP) is 1.67. The van der Waals surface area contributed by atoms with Crippen molar-refractivity contribution >= 4 is 5.91 Å². The van der Waals surface area contributed by atoms with Gasteiger partial charge in [-0.25, -0.2) is 0 Å². The number of hydrogen-bond donors (Lipinski definition) is 0. The fourth-order valence-corrected chi connectivity index (χ4v) is 2.43. The zero-order valence-electron chi connectivity index (χ0n) is 9.58. The summed E-state index contributed by atoms with van der Waals surface area (Å²) >= 11 is 0. The molecule has 0 radical (unpaired) electrons. The first-order chi connectivity index (χ1) is 7.27. The highest BCUT2D eigenvalue weighted by molar-refractivity contribution is 5.79. The van der Waals surface area contributed by atoms with Crippen molar-refractivity contribution in [2.75, 3.05) is 26.3 Å². The minimum Gasteiger partial charge on any atom is -0.381 e. The molecule has 0 saturated carbocycles. The molecule has 2 fully saturated rings. The van der Waals surface area contributed by atoms with Crippen molar-refractivity contribution in [3.05, 3.63) is 0 Å². The van der Waals surface area contributed by atoms with Crippen LogP contribution in [0.1, 0.15) is 32.6 Å². The summed E-state index contributed by atoms with van der Waals surface area (Å²) in [7, 11) is 0. The normalized spacial score (nSPS) is 25.5. The molecule has 2 aliphatic rings. The molecule has 86 valence electrons. The number of nitrogens with zero attached hydrogens (tertiary/aromatic N) is 1. The monoisotopic (exact) mass is 211 g/mol. The maximum absolute atomic E-state index is 12.1. The van der Waals surface area contributed by atoms with Gasteiger partial charge in [-0.1, -0.05) is 6.92 Å². The molecule has 0 bridgehead atoms. The Morgan fingerprint density at radius 3 is 2.33 bits per heavy atom. The van der Waals surface area contributed by atoms with Gasteiger partial charge in [-0.15, -0.1) is 0 Å². The molecule has 0 aromatic carbocycles. The van der Waals surface area contributed by atoms with E-state index in [1.807, 2.05) is 0 Å². The van der Waals surface area contributed by atoms with Crippen molar-refractivity contribution < 1.29 is 9.53 Å². The lowest BCUT2D eigenvalue weighted by atomic mass is 9.94. The first-order valence-electron chi connectivity index (χ1n) is 6.14. The molecule has 0 aromatic rings. The molecular formula is C12H21NO2. The molecule has 0 N–H and O–H groups in total. The SMILES string of the molecule is CC1CCN(C(=O)C2CCOCC2)CC1. The van der Waals surface area contributed by atoms with Crippen LogP contribution in [0.3, 0.4) is 0 Å². The van der Waals surface area contributed by atoms with Crippen LogP contribution in [0.5, 0.6) is 0 Å². The minimum absolute atomic E-state index is 0.243. The molecule has 1 amide bonds. The number of rotatable bonds is 1. The van der Waals surface area contributed by atoms with Crippen molar-refractivity contribution in [2.45, 2.75) is 32.6 Å². The highest BCUT2D eigenvalue weighted by Crippen LogP contribution is 2.22. The average molecular weight is 211 g/mol. The first-order valence-corrected chi connectivity index (χ1v) is 6.14. The van der Waals surface area contributed by atoms with Crippen molar-refractivity contribution in [2.24, 2.45) is 11.8 Å². The van der Waals surface area contributed by atoms with E-state index in [0.717, 1.165) is 45.1 Å². The standard InChI is InChI=1S/C12H21NO2/c1-10-2-6-13(7-3-10)12(14)11-4-8-15-9-5-11/h10-11H,2-9H2,1H3. The van der Waals surface area contributed by atoms with Crippen LogP contribution in [0.15, 0.2) is 0 Å². The molecule has 2 saturated heterocycles. The van der Waals surface area contributed by atoms with Gasteiger partial charge in [-0.2, -0.15) is 0 Å². The number of carbonyl (C=O) groups excluding carboxylic acids is 1.